The van der Waals surface area contributed by atoms with Gasteiger partial charge in [0.15, 0.2) is 5.82 Å². The Labute approximate surface area is 157 Å². The molecule has 0 radical (unpaired) electrons. The summed E-state index contributed by atoms with van der Waals surface area (Å²) in [5.74, 6) is 1.08. The van der Waals surface area contributed by atoms with Gasteiger partial charge in [-0.1, -0.05) is 12.1 Å². The Morgan fingerprint density at radius 3 is 2.56 bits per heavy atom. The van der Waals surface area contributed by atoms with Crippen molar-refractivity contribution in [1.29, 1.82) is 0 Å². The average Bonchev–Trinajstić information content (AvgIpc) is 2.72. The first-order valence-corrected chi connectivity index (χ1v) is 8.65. The molecule has 1 N–H and O–H groups in total. The fourth-order valence-corrected chi connectivity index (χ4v) is 3.33. The molecule has 4 rings (SSSR count). The van der Waals surface area contributed by atoms with Crippen LogP contribution in [0.5, 0.6) is 0 Å². The van der Waals surface area contributed by atoms with E-state index < -0.39 is 0 Å². The standard InChI is InChI=1S/C20H20N6O/c1-12-11-14(9-10-21-12)23-20-22-13(2)17-18(24-20)25(3)16-8-6-5-7-15(16)19(27)26(17)4/h5-11H,1-4H3,(H,21,22,23,24). The molecule has 1 aliphatic heterocycles. The van der Waals surface area contributed by atoms with Crippen molar-refractivity contribution in [3.63, 3.8) is 0 Å². The lowest BCUT2D eigenvalue weighted by atomic mass is 10.1. The molecule has 2 aromatic heterocycles. The van der Waals surface area contributed by atoms with Gasteiger partial charge in [-0.3, -0.25) is 9.78 Å². The zero-order chi connectivity index (χ0) is 19.1. The molecule has 1 aromatic carbocycles. The number of benzene rings is 1. The fourth-order valence-electron chi connectivity index (χ4n) is 3.33. The van der Waals surface area contributed by atoms with Gasteiger partial charge in [-0.25, -0.2) is 4.98 Å². The number of fused-ring (bicyclic) bond motifs is 2. The van der Waals surface area contributed by atoms with Crippen LogP contribution in [0.15, 0.2) is 42.6 Å². The number of hydrogen-bond donors (Lipinski definition) is 1. The average molecular weight is 360 g/mol. The monoisotopic (exact) mass is 360 g/mol. The van der Waals surface area contributed by atoms with Crippen molar-refractivity contribution >= 4 is 34.7 Å². The second-order valence-electron chi connectivity index (χ2n) is 6.56. The maximum absolute atomic E-state index is 12.9. The first kappa shape index (κ1) is 17.0. The summed E-state index contributed by atoms with van der Waals surface area (Å²) in [5.41, 5.74) is 4.65. The van der Waals surface area contributed by atoms with Crippen LogP contribution in [0.25, 0.3) is 0 Å². The van der Waals surface area contributed by atoms with Crippen LogP contribution in [0.3, 0.4) is 0 Å². The third kappa shape index (κ3) is 2.87. The normalized spacial score (nSPS) is 13.1. The van der Waals surface area contributed by atoms with Gasteiger partial charge in [0.25, 0.3) is 5.91 Å². The molecule has 1 aliphatic rings. The summed E-state index contributed by atoms with van der Waals surface area (Å²) in [5, 5.41) is 3.23. The Balaban J connectivity index is 1.85. The molecule has 0 unspecified atom stereocenters. The minimum atomic E-state index is -0.0756. The largest absolute Gasteiger partial charge is 0.327 e. The van der Waals surface area contributed by atoms with E-state index >= 15 is 0 Å². The second-order valence-corrected chi connectivity index (χ2v) is 6.56. The molecule has 0 aliphatic carbocycles. The van der Waals surface area contributed by atoms with E-state index in [0.717, 1.165) is 22.8 Å². The lowest BCUT2D eigenvalue weighted by Crippen LogP contribution is -2.26. The number of aryl methyl sites for hydroxylation is 2. The van der Waals surface area contributed by atoms with E-state index in [1.165, 1.54) is 0 Å². The van der Waals surface area contributed by atoms with Gasteiger partial charge in [0.1, 0.15) is 5.69 Å². The Kier molecular flexibility index (Phi) is 3.99. The Morgan fingerprint density at radius 1 is 1.00 bits per heavy atom. The van der Waals surface area contributed by atoms with Crippen molar-refractivity contribution in [2.45, 2.75) is 13.8 Å². The molecule has 7 nitrogen and oxygen atoms in total. The van der Waals surface area contributed by atoms with Crippen LogP contribution >= 0.6 is 0 Å². The topological polar surface area (TPSA) is 74.2 Å². The molecule has 0 fully saturated rings. The summed E-state index contributed by atoms with van der Waals surface area (Å²) in [6.45, 7) is 3.82. The van der Waals surface area contributed by atoms with Gasteiger partial charge < -0.3 is 15.1 Å². The molecule has 0 atom stereocenters. The zero-order valence-corrected chi connectivity index (χ0v) is 15.7. The number of carbonyl (C=O) groups is 1. The van der Waals surface area contributed by atoms with Crippen LogP contribution in [0.1, 0.15) is 21.7 Å². The van der Waals surface area contributed by atoms with E-state index in [-0.39, 0.29) is 5.91 Å². The number of para-hydroxylation sites is 1. The number of hydrogen-bond acceptors (Lipinski definition) is 6. The van der Waals surface area contributed by atoms with E-state index in [0.29, 0.717) is 23.0 Å². The maximum Gasteiger partial charge on any atom is 0.260 e. The minimum Gasteiger partial charge on any atom is -0.327 e. The highest BCUT2D eigenvalue weighted by molar-refractivity contribution is 6.13. The quantitative estimate of drug-likeness (QED) is 0.753. The van der Waals surface area contributed by atoms with Crippen LogP contribution in [-0.2, 0) is 0 Å². The van der Waals surface area contributed by atoms with E-state index in [1.54, 1.807) is 18.1 Å². The summed E-state index contributed by atoms with van der Waals surface area (Å²) < 4.78 is 0. The van der Waals surface area contributed by atoms with Crippen LogP contribution in [0, 0.1) is 13.8 Å². The third-order valence-corrected chi connectivity index (χ3v) is 4.65. The lowest BCUT2D eigenvalue weighted by Gasteiger charge is -2.23. The minimum absolute atomic E-state index is 0.0756. The van der Waals surface area contributed by atoms with Crippen LogP contribution in [0.4, 0.5) is 28.8 Å². The molecular formula is C20H20N6O. The van der Waals surface area contributed by atoms with E-state index in [1.807, 2.05) is 62.2 Å². The van der Waals surface area contributed by atoms with Gasteiger partial charge >= 0.3 is 0 Å². The summed E-state index contributed by atoms with van der Waals surface area (Å²) in [6.07, 6.45) is 1.74. The summed E-state index contributed by atoms with van der Waals surface area (Å²) in [6, 6.07) is 11.3. The van der Waals surface area contributed by atoms with Crippen LogP contribution in [-0.4, -0.2) is 35.0 Å². The first-order valence-electron chi connectivity index (χ1n) is 8.65. The van der Waals surface area contributed by atoms with Crippen molar-refractivity contribution in [2.75, 3.05) is 29.2 Å². The van der Waals surface area contributed by atoms with Gasteiger partial charge in [-0.05, 0) is 38.1 Å². The number of rotatable bonds is 2. The van der Waals surface area contributed by atoms with E-state index in [4.69, 9.17) is 4.98 Å². The highest BCUT2D eigenvalue weighted by Gasteiger charge is 2.30. The van der Waals surface area contributed by atoms with Crippen LogP contribution < -0.4 is 15.1 Å². The predicted molar refractivity (Wildman–Crippen MR) is 106 cm³/mol. The number of nitrogens with one attached hydrogen (secondary N) is 1. The van der Waals surface area contributed by atoms with Gasteiger partial charge in [0.2, 0.25) is 5.95 Å². The molecule has 0 bridgehead atoms. The van der Waals surface area contributed by atoms with Crippen molar-refractivity contribution in [1.82, 2.24) is 15.0 Å². The Bertz CT molecular complexity index is 1050. The van der Waals surface area contributed by atoms with Gasteiger partial charge in [0, 0.05) is 31.7 Å². The number of anilines is 5. The second kappa shape index (κ2) is 6.35. The Morgan fingerprint density at radius 2 is 1.78 bits per heavy atom. The summed E-state index contributed by atoms with van der Waals surface area (Å²) in [4.78, 5) is 30.0. The SMILES string of the molecule is Cc1cc(Nc2nc(C)c3c(n2)N(C)c2ccccc2C(=O)N3C)ccn1. The van der Waals surface area contributed by atoms with Crippen molar-refractivity contribution in [3.05, 3.63) is 59.5 Å². The number of aromatic nitrogens is 3. The van der Waals surface area contributed by atoms with Crippen LogP contribution in [0.2, 0.25) is 0 Å². The van der Waals surface area contributed by atoms with Crippen molar-refractivity contribution in [2.24, 2.45) is 0 Å². The van der Waals surface area contributed by atoms with E-state index in [9.17, 15) is 4.79 Å². The number of amides is 1. The number of carbonyl (C=O) groups excluding carboxylic acids is 1. The molecule has 7 heteroatoms. The van der Waals surface area contributed by atoms with E-state index in [2.05, 4.69) is 15.3 Å². The Hall–Kier alpha value is -3.48. The number of nitrogens with zero attached hydrogens (tertiary/aromatic N) is 5. The maximum atomic E-state index is 12.9. The molecule has 3 aromatic rings. The van der Waals surface area contributed by atoms with Gasteiger partial charge in [-0.2, -0.15) is 4.98 Å². The summed E-state index contributed by atoms with van der Waals surface area (Å²) in [7, 11) is 3.67. The van der Waals surface area contributed by atoms with Gasteiger partial charge in [0.05, 0.1) is 16.9 Å². The number of pyridine rings is 1. The third-order valence-electron chi connectivity index (χ3n) is 4.65. The smallest absolute Gasteiger partial charge is 0.260 e. The van der Waals surface area contributed by atoms with Gasteiger partial charge in [-0.15, -0.1) is 0 Å². The van der Waals surface area contributed by atoms with Crippen molar-refractivity contribution in [3.8, 4) is 0 Å². The molecule has 27 heavy (non-hydrogen) atoms. The molecular weight excluding hydrogens is 340 g/mol. The first-order chi connectivity index (χ1) is 13.0. The molecule has 0 spiro atoms. The predicted octanol–water partition coefficient (Wildman–Crippen LogP) is 3.59. The molecule has 0 saturated heterocycles. The molecule has 0 saturated carbocycles. The highest BCUT2D eigenvalue weighted by Crippen LogP contribution is 2.39. The van der Waals surface area contributed by atoms with Crippen molar-refractivity contribution < 1.29 is 4.79 Å². The fraction of sp³-hybridized carbons (Fsp3) is 0.200. The molecule has 3 heterocycles. The molecule has 136 valence electrons. The lowest BCUT2D eigenvalue weighted by molar-refractivity contribution is 0.0994. The highest BCUT2D eigenvalue weighted by atomic mass is 16.2. The molecule has 1 amide bonds. The summed E-state index contributed by atoms with van der Waals surface area (Å²) >= 11 is 0. The zero-order valence-electron chi connectivity index (χ0n) is 15.7.